The Kier molecular flexibility index (Phi) is 5.34. The fourth-order valence-corrected chi connectivity index (χ4v) is 2.85. The molecule has 3 rings (SSSR count). The molecule has 1 amide bonds. The zero-order valence-corrected chi connectivity index (χ0v) is 14.7. The van der Waals surface area contributed by atoms with Crippen molar-refractivity contribution >= 4 is 16.7 Å². The molecule has 1 N–H and O–H groups in total. The molecule has 3 nitrogen and oxygen atoms in total. The van der Waals surface area contributed by atoms with Gasteiger partial charge in [-0.05, 0) is 41.8 Å². The molecule has 3 aromatic carbocycles. The van der Waals surface area contributed by atoms with Gasteiger partial charge in [-0.15, -0.1) is 0 Å². The lowest BCUT2D eigenvalue weighted by Crippen LogP contribution is -2.37. The average molecular weight is 333 g/mol. The van der Waals surface area contributed by atoms with Crippen molar-refractivity contribution in [2.24, 2.45) is 0 Å². The summed E-state index contributed by atoms with van der Waals surface area (Å²) < 4.78 is 5.93. The smallest absolute Gasteiger partial charge is 0.261 e. The van der Waals surface area contributed by atoms with Crippen LogP contribution in [0.4, 0.5) is 0 Å². The average Bonchev–Trinajstić information content (AvgIpc) is 2.64. The van der Waals surface area contributed by atoms with E-state index in [-0.39, 0.29) is 5.91 Å². The number of carbonyl (C=O) groups excluding carboxylic acids is 1. The van der Waals surface area contributed by atoms with Gasteiger partial charge in [0.2, 0.25) is 0 Å². The van der Waals surface area contributed by atoms with Gasteiger partial charge >= 0.3 is 0 Å². The molecule has 0 radical (unpaired) electrons. The minimum Gasteiger partial charge on any atom is -0.481 e. The van der Waals surface area contributed by atoms with Crippen LogP contribution in [0.5, 0.6) is 5.75 Å². The molecule has 3 heteroatoms. The van der Waals surface area contributed by atoms with E-state index in [0.717, 1.165) is 22.1 Å². The lowest BCUT2D eigenvalue weighted by Gasteiger charge is -2.18. The van der Waals surface area contributed by atoms with Crippen LogP contribution in [-0.2, 0) is 11.3 Å². The summed E-state index contributed by atoms with van der Waals surface area (Å²) in [5.74, 6) is 0.633. The Hall–Kier alpha value is -2.81. The van der Waals surface area contributed by atoms with E-state index in [1.807, 2.05) is 68.4 Å². The molecular weight excluding hydrogens is 310 g/mol. The molecule has 0 aliphatic rings. The zero-order valence-electron chi connectivity index (χ0n) is 14.7. The number of ether oxygens (including phenoxy) is 1. The third-order valence-corrected chi connectivity index (χ3v) is 4.21. The highest BCUT2D eigenvalue weighted by Crippen LogP contribution is 2.22. The first-order valence-electron chi connectivity index (χ1n) is 8.64. The maximum absolute atomic E-state index is 12.5. The largest absolute Gasteiger partial charge is 0.481 e. The molecule has 128 valence electrons. The number of benzene rings is 3. The first-order chi connectivity index (χ1) is 12.2. The molecule has 0 fully saturated rings. The highest BCUT2D eigenvalue weighted by atomic mass is 16.5. The molecule has 0 saturated carbocycles. The third kappa shape index (κ3) is 4.38. The molecule has 0 aromatic heterocycles. The first-order valence-corrected chi connectivity index (χ1v) is 8.64. The molecule has 0 aliphatic carbocycles. The quantitative estimate of drug-likeness (QED) is 0.715. The molecule has 1 atom stereocenters. The maximum atomic E-state index is 12.5. The predicted molar refractivity (Wildman–Crippen MR) is 102 cm³/mol. The molecule has 0 bridgehead atoms. The second-order valence-corrected chi connectivity index (χ2v) is 6.23. The molecular formula is C22H23NO2. The second-order valence-electron chi connectivity index (χ2n) is 6.23. The topological polar surface area (TPSA) is 38.3 Å². The van der Waals surface area contributed by atoms with Crippen molar-refractivity contribution in [3.63, 3.8) is 0 Å². The van der Waals surface area contributed by atoms with Gasteiger partial charge in [0.25, 0.3) is 5.91 Å². The van der Waals surface area contributed by atoms with E-state index in [1.165, 1.54) is 5.56 Å². The van der Waals surface area contributed by atoms with Gasteiger partial charge in [-0.1, -0.05) is 67.1 Å². The number of rotatable bonds is 6. The summed E-state index contributed by atoms with van der Waals surface area (Å²) in [6.45, 7) is 4.51. The molecule has 0 aliphatic heterocycles. The van der Waals surface area contributed by atoms with Gasteiger partial charge in [-0.2, -0.15) is 0 Å². The first kappa shape index (κ1) is 17.0. The summed E-state index contributed by atoms with van der Waals surface area (Å²) in [4.78, 5) is 12.5. The number of carbonyl (C=O) groups is 1. The monoisotopic (exact) mass is 333 g/mol. The lowest BCUT2D eigenvalue weighted by molar-refractivity contribution is -0.128. The zero-order chi connectivity index (χ0) is 17.6. The Balaban J connectivity index is 1.65. The van der Waals surface area contributed by atoms with Gasteiger partial charge in [-0.25, -0.2) is 0 Å². The van der Waals surface area contributed by atoms with E-state index in [4.69, 9.17) is 4.74 Å². The van der Waals surface area contributed by atoms with Gasteiger partial charge in [-0.3, -0.25) is 4.79 Å². The van der Waals surface area contributed by atoms with E-state index >= 15 is 0 Å². The summed E-state index contributed by atoms with van der Waals surface area (Å²) in [5, 5.41) is 5.24. The molecule has 1 unspecified atom stereocenters. The normalized spacial score (nSPS) is 11.9. The van der Waals surface area contributed by atoms with E-state index in [1.54, 1.807) is 0 Å². The van der Waals surface area contributed by atoms with Crippen molar-refractivity contribution < 1.29 is 9.53 Å². The van der Waals surface area contributed by atoms with Crippen LogP contribution in [0.25, 0.3) is 10.8 Å². The number of aryl methyl sites for hydroxylation is 1. The van der Waals surface area contributed by atoms with Crippen LogP contribution in [0.1, 0.15) is 24.5 Å². The van der Waals surface area contributed by atoms with Crippen molar-refractivity contribution in [3.05, 3.63) is 77.9 Å². The van der Waals surface area contributed by atoms with Gasteiger partial charge in [0.05, 0.1) is 0 Å². The number of hydrogen-bond acceptors (Lipinski definition) is 2. The van der Waals surface area contributed by atoms with Crippen molar-refractivity contribution in [2.45, 2.75) is 32.9 Å². The van der Waals surface area contributed by atoms with Crippen LogP contribution in [0.3, 0.4) is 0 Å². The number of nitrogens with one attached hydrogen (secondary N) is 1. The molecule has 25 heavy (non-hydrogen) atoms. The highest BCUT2D eigenvalue weighted by molar-refractivity contribution is 5.84. The Bertz CT molecular complexity index is 873. The Morgan fingerprint density at radius 2 is 1.80 bits per heavy atom. The molecule has 0 saturated heterocycles. The summed E-state index contributed by atoms with van der Waals surface area (Å²) >= 11 is 0. The van der Waals surface area contributed by atoms with Crippen LogP contribution in [-0.4, -0.2) is 12.0 Å². The number of hydrogen-bond donors (Lipinski definition) is 1. The van der Waals surface area contributed by atoms with E-state index in [0.29, 0.717) is 13.0 Å². The van der Waals surface area contributed by atoms with Gasteiger partial charge < -0.3 is 10.1 Å². The SMILES string of the molecule is CCC(Oc1ccc2ccccc2c1)C(=O)NCc1cccc(C)c1. The Morgan fingerprint density at radius 3 is 2.56 bits per heavy atom. The summed E-state index contributed by atoms with van der Waals surface area (Å²) in [5.41, 5.74) is 2.28. The van der Waals surface area contributed by atoms with Crippen molar-refractivity contribution in [3.8, 4) is 5.75 Å². The maximum Gasteiger partial charge on any atom is 0.261 e. The van der Waals surface area contributed by atoms with Gasteiger partial charge in [0, 0.05) is 6.54 Å². The number of fused-ring (bicyclic) bond motifs is 1. The summed E-state index contributed by atoms with van der Waals surface area (Å²) in [6.07, 6.45) is 0.123. The number of amides is 1. The molecule has 0 heterocycles. The van der Waals surface area contributed by atoms with Crippen molar-refractivity contribution in [1.29, 1.82) is 0 Å². The fourth-order valence-electron chi connectivity index (χ4n) is 2.85. The minimum absolute atomic E-state index is 0.0860. The molecule has 3 aromatic rings. The summed E-state index contributed by atoms with van der Waals surface area (Å²) in [6, 6.07) is 22.2. The van der Waals surface area contributed by atoms with Crippen LogP contribution in [0.2, 0.25) is 0 Å². The van der Waals surface area contributed by atoms with Crippen LogP contribution < -0.4 is 10.1 Å². The van der Waals surface area contributed by atoms with E-state index in [9.17, 15) is 4.79 Å². The Morgan fingerprint density at radius 1 is 1.00 bits per heavy atom. The van der Waals surface area contributed by atoms with Crippen LogP contribution in [0, 0.1) is 6.92 Å². The second kappa shape index (κ2) is 7.84. The summed E-state index contributed by atoms with van der Waals surface area (Å²) in [7, 11) is 0. The lowest BCUT2D eigenvalue weighted by atomic mass is 10.1. The minimum atomic E-state index is -0.494. The van der Waals surface area contributed by atoms with Crippen LogP contribution >= 0.6 is 0 Å². The van der Waals surface area contributed by atoms with Crippen molar-refractivity contribution in [2.75, 3.05) is 0 Å². The van der Waals surface area contributed by atoms with E-state index < -0.39 is 6.10 Å². The predicted octanol–water partition coefficient (Wildman–Crippen LogP) is 4.62. The standard InChI is InChI=1S/C22H23NO2/c1-3-21(22(24)23-15-17-8-6-7-16(2)13-17)25-20-12-11-18-9-4-5-10-19(18)14-20/h4-14,21H,3,15H2,1-2H3,(H,23,24). The molecule has 0 spiro atoms. The Labute approximate surface area is 148 Å². The van der Waals surface area contributed by atoms with Gasteiger partial charge in [0.1, 0.15) is 5.75 Å². The third-order valence-electron chi connectivity index (χ3n) is 4.21. The van der Waals surface area contributed by atoms with Crippen LogP contribution in [0.15, 0.2) is 66.7 Å². The van der Waals surface area contributed by atoms with E-state index in [2.05, 4.69) is 17.4 Å². The van der Waals surface area contributed by atoms with Crippen molar-refractivity contribution in [1.82, 2.24) is 5.32 Å². The highest BCUT2D eigenvalue weighted by Gasteiger charge is 2.18. The fraction of sp³-hybridized carbons (Fsp3) is 0.227. The van der Waals surface area contributed by atoms with Gasteiger partial charge in [0.15, 0.2) is 6.10 Å².